The number of carbonyl (C=O) groups is 1. The number of nitrogens with one attached hydrogen (secondary N) is 1. The van der Waals surface area contributed by atoms with E-state index in [4.69, 9.17) is 15.9 Å². The van der Waals surface area contributed by atoms with Gasteiger partial charge in [-0.2, -0.15) is 0 Å². The molecule has 0 bridgehead atoms. The normalized spacial score (nSPS) is 19.8. The number of nitrogen functional groups attached to an aromatic ring is 1. The van der Waals surface area contributed by atoms with Gasteiger partial charge in [0, 0.05) is 5.56 Å². The van der Waals surface area contributed by atoms with E-state index in [0.29, 0.717) is 6.42 Å². The van der Waals surface area contributed by atoms with Gasteiger partial charge >= 0.3 is 5.97 Å². The smallest absolute Gasteiger partial charge is 0.306 e. The van der Waals surface area contributed by atoms with Gasteiger partial charge in [-0.05, 0) is 49.1 Å². The summed E-state index contributed by atoms with van der Waals surface area (Å²) in [5.74, 6) is 0.306. The number of hydrogen-bond acceptors (Lipinski definition) is 3. The number of aryl methyl sites for hydroxylation is 1. The highest BCUT2D eigenvalue weighted by molar-refractivity contribution is 5.94. The molecule has 1 fully saturated rings. The summed E-state index contributed by atoms with van der Waals surface area (Å²) in [4.78, 5) is 11.9. The van der Waals surface area contributed by atoms with Crippen LogP contribution in [0.2, 0.25) is 0 Å². The van der Waals surface area contributed by atoms with Crippen molar-refractivity contribution in [1.82, 2.24) is 0 Å². The maximum atomic E-state index is 11.9. The molecule has 26 heavy (non-hydrogen) atoms. The Kier molecular flexibility index (Phi) is 6.05. The van der Waals surface area contributed by atoms with Crippen molar-refractivity contribution in [3.63, 3.8) is 0 Å². The lowest BCUT2D eigenvalue weighted by Gasteiger charge is -2.29. The molecular formula is C22H26N2O2. The second kappa shape index (κ2) is 8.65. The summed E-state index contributed by atoms with van der Waals surface area (Å²) in [7, 11) is 0. The summed E-state index contributed by atoms with van der Waals surface area (Å²) in [6, 6.07) is 18.1. The summed E-state index contributed by atoms with van der Waals surface area (Å²) in [6.45, 7) is 0. The maximum absolute atomic E-state index is 11.9. The fourth-order valence-corrected chi connectivity index (χ4v) is 3.59. The molecule has 0 radical (unpaired) electrons. The van der Waals surface area contributed by atoms with Crippen molar-refractivity contribution in [2.45, 2.75) is 50.5 Å². The van der Waals surface area contributed by atoms with Crippen LogP contribution in [0.3, 0.4) is 0 Å². The zero-order chi connectivity index (χ0) is 18.4. The Morgan fingerprint density at radius 3 is 2.50 bits per heavy atom. The summed E-state index contributed by atoms with van der Waals surface area (Å²) >= 11 is 0. The van der Waals surface area contributed by atoms with E-state index in [1.54, 1.807) is 0 Å². The monoisotopic (exact) mass is 350 g/mol. The van der Waals surface area contributed by atoms with Gasteiger partial charge in [0.2, 0.25) is 0 Å². The van der Waals surface area contributed by atoms with Crippen LogP contribution in [0.25, 0.3) is 0 Å². The first-order valence-electron chi connectivity index (χ1n) is 9.29. The predicted octanol–water partition coefficient (Wildman–Crippen LogP) is 4.17. The van der Waals surface area contributed by atoms with Gasteiger partial charge < -0.3 is 10.5 Å². The zero-order valence-electron chi connectivity index (χ0n) is 15.0. The summed E-state index contributed by atoms with van der Waals surface area (Å²) in [6.07, 6.45) is 5.44. The second-order valence-electron chi connectivity index (χ2n) is 7.02. The Balaban J connectivity index is 1.45. The van der Waals surface area contributed by atoms with Gasteiger partial charge in [0.25, 0.3) is 0 Å². The Hall–Kier alpha value is -2.62. The lowest BCUT2D eigenvalue weighted by Crippen LogP contribution is -2.28. The van der Waals surface area contributed by atoms with Crippen LogP contribution in [0, 0.1) is 5.41 Å². The lowest BCUT2D eigenvalue weighted by atomic mass is 9.87. The van der Waals surface area contributed by atoms with E-state index in [1.165, 1.54) is 11.1 Å². The van der Waals surface area contributed by atoms with Gasteiger partial charge in [-0.25, -0.2) is 0 Å². The third-order valence-electron chi connectivity index (χ3n) is 5.04. The van der Waals surface area contributed by atoms with E-state index in [2.05, 4.69) is 12.1 Å². The van der Waals surface area contributed by atoms with E-state index in [1.807, 2.05) is 42.5 Å². The molecule has 1 saturated heterocycles. The maximum Gasteiger partial charge on any atom is 0.306 e. The van der Waals surface area contributed by atoms with Gasteiger partial charge in [0.15, 0.2) is 0 Å². The Bertz CT molecular complexity index is 740. The molecule has 2 atom stereocenters. The van der Waals surface area contributed by atoms with Crippen molar-refractivity contribution in [3.8, 4) is 0 Å². The lowest BCUT2D eigenvalue weighted by molar-refractivity contribution is -0.155. The van der Waals surface area contributed by atoms with Crippen LogP contribution in [0.5, 0.6) is 0 Å². The number of amidine groups is 1. The van der Waals surface area contributed by atoms with E-state index in [-0.39, 0.29) is 23.8 Å². The summed E-state index contributed by atoms with van der Waals surface area (Å²) in [5, 5.41) is 7.42. The van der Waals surface area contributed by atoms with Crippen LogP contribution in [0.4, 0.5) is 0 Å². The molecule has 1 heterocycles. The topological polar surface area (TPSA) is 76.2 Å². The Labute approximate surface area is 154 Å². The third kappa shape index (κ3) is 4.94. The molecule has 2 aromatic carbocycles. The average Bonchev–Trinajstić information content (AvgIpc) is 2.66. The van der Waals surface area contributed by atoms with E-state index >= 15 is 0 Å². The molecule has 0 amide bonds. The quantitative estimate of drug-likeness (QED) is 0.340. The number of carbonyl (C=O) groups excluding carboxylic acids is 1. The molecule has 0 aliphatic carbocycles. The molecule has 4 heteroatoms. The van der Waals surface area contributed by atoms with Gasteiger partial charge in [0.05, 0.1) is 6.42 Å². The standard InChI is InChI=1S/C22H26N2O2/c23-22(24)18-12-10-16(11-13-18)6-4-5-9-20-14-19(15-21(25)26-20)17-7-2-1-3-8-17/h1-3,7-8,10-13,19-20H,4-6,9,14-15H2,(H3,23,24)/t19?,20-/m1/s1. The first-order chi connectivity index (χ1) is 12.6. The van der Waals surface area contributed by atoms with Crippen LogP contribution < -0.4 is 5.73 Å². The molecule has 0 aromatic heterocycles. The number of unbranched alkanes of at least 4 members (excludes halogenated alkanes) is 1. The molecule has 0 saturated carbocycles. The largest absolute Gasteiger partial charge is 0.462 e. The molecule has 3 N–H and O–H groups in total. The minimum absolute atomic E-state index is 0.0292. The van der Waals surface area contributed by atoms with E-state index < -0.39 is 0 Å². The number of benzene rings is 2. The minimum atomic E-state index is -0.0741. The number of nitrogens with two attached hydrogens (primary N) is 1. The number of hydrogen-bond donors (Lipinski definition) is 2. The average molecular weight is 350 g/mol. The first kappa shape index (κ1) is 18.2. The molecule has 1 aliphatic heterocycles. The van der Waals surface area contributed by atoms with Crippen molar-refractivity contribution in [2.75, 3.05) is 0 Å². The molecule has 4 nitrogen and oxygen atoms in total. The van der Waals surface area contributed by atoms with Crippen molar-refractivity contribution in [2.24, 2.45) is 5.73 Å². The van der Waals surface area contributed by atoms with Crippen LogP contribution in [0.1, 0.15) is 54.7 Å². The highest BCUT2D eigenvalue weighted by atomic mass is 16.5. The van der Waals surface area contributed by atoms with Crippen molar-refractivity contribution in [3.05, 3.63) is 71.3 Å². The Morgan fingerprint density at radius 2 is 1.81 bits per heavy atom. The van der Waals surface area contributed by atoms with Crippen molar-refractivity contribution in [1.29, 1.82) is 5.41 Å². The molecule has 1 unspecified atom stereocenters. The van der Waals surface area contributed by atoms with E-state index in [0.717, 1.165) is 37.7 Å². The first-order valence-corrected chi connectivity index (χ1v) is 9.29. The fraction of sp³-hybridized carbons (Fsp3) is 0.364. The van der Waals surface area contributed by atoms with Crippen LogP contribution in [0.15, 0.2) is 54.6 Å². The molecule has 3 rings (SSSR count). The zero-order valence-corrected chi connectivity index (χ0v) is 15.0. The molecule has 0 spiro atoms. The highest BCUT2D eigenvalue weighted by Crippen LogP contribution is 2.32. The van der Waals surface area contributed by atoms with Gasteiger partial charge in [-0.1, -0.05) is 54.6 Å². The van der Waals surface area contributed by atoms with Gasteiger partial charge in [-0.15, -0.1) is 0 Å². The minimum Gasteiger partial charge on any atom is -0.462 e. The molecular weight excluding hydrogens is 324 g/mol. The summed E-state index contributed by atoms with van der Waals surface area (Å²) in [5.41, 5.74) is 8.72. The number of cyclic esters (lactones) is 1. The fourth-order valence-electron chi connectivity index (χ4n) is 3.59. The SMILES string of the molecule is N=C(N)c1ccc(CCCC[C@@H]2CC(c3ccccc3)CC(=O)O2)cc1. The molecule has 2 aromatic rings. The van der Waals surface area contributed by atoms with E-state index in [9.17, 15) is 4.79 Å². The Morgan fingerprint density at radius 1 is 1.08 bits per heavy atom. The van der Waals surface area contributed by atoms with Gasteiger partial charge in [-0.3, -0.25) is 10.2 Å². The number of rotatable bonds is 7. The molecule has 136 valence electrons. The second-order valence-corrected chi connectivity index (χ2v) is 7.02. The number of esters is 1. The molecule has 1 aliphatic rings. The van der Waals surface area contributed by atoms with Crippen LogP contribution in [-0.4, -0.2) is 17.9 Å². The van der Waals surface area contributed by atoms with Crippen molar-refractivity contribution >= 4 is 11.8 Å². The van der Waals surface area contributed by atoms with Crippen LogP contribution in [-0.2, 0) is 16.0 Å². The van der Waals surface area contributed by atoms with Gasteiger partial charge in [0.1, 0.15) is 11.9 Å². The summed E-state index contributed by atoms with van der Waals surface area (Å²) < 4.78 is 5.56. The third-order valence-corrected chi connectivity index (χ3v) is 5.04. The van der Waals surface area contributed by atoms with Crippen molar-refractivity contribution < 1.29 is 9.53 Å². The number of ether oxygens (including phenoxy) is 1. The van der Waals surface area contributed by atoms with Crippen LogP contribution >= 0.6 is 0 Å². The highest BCUT2D eigenvalue weighted by Gasteiger charge is 2.29. The predicted molar refractivity (Wildman–Crippen MR) is 103 cm³/mol.